The van der Waals surface area contributed by atoms with Crippen LogP contribution in [0.3, 0.4) is 0 Å². The van der Waals surface area contributed by atoms with E-state index >= 15 is 0 Å². The molecule has 1 fully saturated rings. The van der Waals surface area contributed by atoms with E-state index in [0.29, 0.717) is 28.4 Å². The Kier molecular flexibility index (Phi) is 9.59. The lowest BCUT2D eigenvalue weighted by molar-refractivity contribution is -0.127. The van der Waals surface area contributed by atoms with E-state index < -0.39 is 6.04 Å². The number of rotatable bonds is 10. The van der Waals surface area contributed by atoms with Gasteiger partial charge >= 0.3 is 0 Å². The van der Waals surface area contributed by atoms with Gasteiger partial charge in [-0.05, 0) is 66.2 Å². The number of hydrogen-bond acceptors (Lipinski definition) is 6. The molecule has 1 aliphatic rings. The Morgan fingerprint density at radius 1 is 0.974 bits per heavy atom. The highest BCUT2D eigenvalue weighted by Crippen LogP contribution is 2.35. The van der Waals surface area contributed by atoms with Crippen LogP contribution in [-0.4, -0.2) is 38.0 Å². The number of ether oxygens (including phenoxy) is 2. The third-order valence-corrected chi connectivity index (χ3v) is 7.70. The van der Waals surface area contributed by atoms with Gasteiger partial charge in [0.15, 0.2) is 11.5 Å². The molecule has 1 aliphatic carbocycles. The fraction of sp³-hybridized carbons (Fsp3) is 0.367. The lowest BCUT2D eigenvalue weighted by Gasteiger charge is -2.34. The molecule has 0 bridgehead atoms. The lowest BCUT2D eigenvalue weighted by atomic mass is 9.94. The topological polar surface area (TPSA) is 97.0 Å². The SMILES string of the molecule is COc1ccc([C@@H](C(=O)NC2CCCCC2)N(C(=O)Cc2cccs2)c2ccc(NC(C)=O)cc2)cc1OC. The van der Waals surface area contributed by atoms with E-state index in [1.807, 2.05) is 17.5 Å². The van der Waals surface area contributed by atoms with Crippen LogP contribution < -0.4 is 25.0 Å². The first-order chi connectivity index (χ1) is 18.9. The van der Waals surface area contributed by atoms with Crippen molar-refractivity contribution in [3.05, 3.63) is 70.4 Å². The van der Waals surface area contributed by atoms with Crippen molar-refractivity contribution in [3.63, 3.8) is 0 Å². The van der Waals surface area contributed by atoms with Crippen LogP contribution in [0.2, 0.25) is 0 Å². The molecule has 0 aliphatic heterocycles. The number of amides is 3. The van der Waals surface area contributed by atoms with Gasteiger partial charge in [-0.1, -0.05) is 31.4 Å². The largest absolute Gasteiger partial charge is 0.493 e. The van der Waals surface area contributed by atoms with Crippen molar-refractivity contribution in [1.29, 1.82) is 0 Å². The van der Waals surface area contributed by atoms with Crippen molar-refractivity contribution in [2.45, 2.75) is 57.5 Å². The summed E-state index contributed by atoms with van der Waals surface area (Å²) in [6, 6.07) is 15.2. The minimum Gasteiger partial charge on any atom is -0.493 e. The molecule has 0 saturated heterocycles. The highest BCUT2D eigenvalue weighted by atomic mass is 32.1. The van der Waals surface area contributed by atoms with Gasteiger partial charge in [0.2, 0.25) is 17.7 Å². The van der Waals surface area contributed by atoms with E-state index in [1.165, 1.54) is 18.3 Å². The Hall–Kier alpha value is -3.85. The standard InChI is InChI=1S/C30H35N3O5S/c1-20(34)31-23-12-14-24(15-13-23)33(28(35)19-25-10-7-17-39-25)29(30(36)32-22-8-5-4-6-9-22)21-11-16-26(37-2)27(18-21)38-3/h7,10-18,22,29H,4-6,8-9,19H2,1-3H3,(H,31,34)(H,32,36)/t29-/m0/s1. The summed E-state index contributed by atoms with van der Waals surface area (Å²) in [5, 5.41) is 7.90. The van der Waals surface area contributed by atoms with Crippen LogP contribution >= 0.6 is 11.3 Å². The Bertz CT molecular complexity index is 1270. The number of methoxy groups -OCH3 is 2. The zero-order valence-electron chi connectivity index (χ0n) is 22.6. The third-order valence-electron chi connectivity index (χ3n) is 6.82. The zero-order chi connectivity index (χ0) is 27.8. The molecule has 2 aromatic carbocycles. The summed E-state index contributed by atoms with van der Waals surface area (Å²) in [6.07, 6.45) is 5.27. The molecule has 0 unspecified atom stereocenters. The number of carbonyl (C=O) groups is 3. The minimum absolute atomic E-state index is 0.0604. The summed E-state index contributed by atoms with van der Waals surface area (Å²) in [5.41, 5.74) is 1.75. The summed E-state index contributed by atoms with van der Waals surface area (Å²) in [6.45, 7) is 1.44. The maximum atomic E-state index is 14.1. The molecule has 9 heteroatoms. The van der Waals surface area contributed by atoms with Gasteiger partial charge in [-0.3, -0.25) is 19.3 Å². The fourth-order valence-corrected chi connectivity index (χ4v) is 5.66. The molecule has 0 spiro atoms. The van der Waals surface area contributed by atoms with E-state index in [9.17, 15) is 14.4 Å². The second kappa shape index (κ2) is 13.3. The van der Waals surface area contributed by atoms with Gasteiger partial charge in [0, 0.05) is 29.2 Å². The molecule has 3 amide bonds. The van der Waals surface area contributed by atoms with E-state index in [0.717, 1.165) is 37.0 Å². The maximum absolute atomic E-state index is 14.1. The first kappa shape index (κ1) is 28.2. The number of nitrogens with one attached hydrogen (secondary N) is 2. The molecule has 39 heavy (non-hydrogen) atoms. The molecular formula is C30H35N3O5S. The lowest BCUT2D eigenvalue weighted by Crippen LogP contribution is -2.47. The molecule has 1 saturated carbocycles. The number of nitrogens with zero attached hydrogens (tertiary/aromatic N) is 1. The highest BCUT2D eigenvalue weighted by molar-refractivity contribution is 7.10. The molecule has 8 nitrogen and oxygen atoms in total. The second-order valence-corrected chi connectivity index (χ2v) is 10.6. The molecule has 1 heterocycles. The normalized spacial score (nSPS) is 14.2. The summed E-state index contributed by atoms with van der Waals surface area (Å²) in [7, 11) is 3.09. The Morgan fingerprint density at radius 2 is 1.69 bits per heavy atom. The summed E-state index contributed by atoms with van der Waals surface area (Å²) in [4.78, 5) is 42.1. The molecule has 0 radical (unpaired) electrons. The van der Waals surface area contributed by atoms with E-state index in [-0.39, 0.29) is 30.2 Å². The van der Waals surface area contributed by atoms with Crippen molar-refractivity contribution in [2.75, 3.05) is 24.4 Å². The highest BCUT2D eigenvalue weighted by Gasteiger charge is 2.35. The average Bonchev–Trinajstić information content (AvgIpc) is 3.45. The Labute approximate surface area is 233 Å². The van der Waals surface area contributed by atoms with Gasteiger partial charge in [0.1, 0.15) is 6.04 Å². The van der Waals surface area contributed by atoms with Crippen LogP contribution in [0.4, 0.5) is 11.4 Å². The minimum atomic E-state index is -0.953. The smallest absolute Gasteiger partial charge is 0.248 e. The van der Waals surface area contributed by atoms with Crippen molar-refractivity contribution >= 4 is 40.4 Å². The van der Waals surface area contributed by atoms with E-state index in [2.05, 4.69) is 10.6 Å². The number of thiophene rings is 1. The van der Waals surface area contributed by atoms with Crippen LogP contribution in [0, 0.1) is 0 Å². The number of benzene rings is 2. The Morgan fingerprint density at radius 3 is 2.31 bits per heavy atom. The summed E-state index contributed by atoms with van der Waals surface area (Å²) < 4.78 is 11.0. The summed E-state index contributed by atoms with van der Waals surface area (Å²) >= 11 is 1.50. The predicted octanol–water partition coefficient (Wildman–Crippen LogP) is 5.49. The van der Waals surface area contributed by atoms with Gasteiger partial charge in [0.25, 0.3) is 0 Å². The summed E-state index contributed by atoms with van der Waals surface area (Å²) in [5.74, 6) is 0.340. The zero-order valence-corrected chi connectivity index (χ0v) is 23.4. The van der Waals surface area contributed by atoms with E-state index in [4.69, 9.17) is 9.47 Å². The third kappa shape index (κ3) is 7.17. The van der Waals surface area contributed by atoms with Crippen LogP contribution in [0.15, 0.2) is 60.0 Å². The molecule has 206 valence electrons. The molecule has 4 rings (SSSR count). The molecule has 2 N–H and O–H groups in total. The number of carbonyl (C=O) groups excluding carboxylic acids is 3. The van der Waals surface area contributed by atoms with Gasteiger partial charge in [-0.15, -0.1) is 11.3 Å². The van der Waals surface area contributed by atoms with Gasteiger partial charge in [0.05, 0.1) is 20.6 Å². The van der Waals surface area contributed by atoms with Crippen LogP contribution in [0.1, 0.15) is 55.5 Å². The van der Waals surface area contributed by atoms with Crippen molar-refractivity contribution in [2.24, 2.45) is 0 Å². The van der Waals surface area contributed by atoms with Crippen molar-refractivity contribution in [3.8, 4) is 11.5 Å². The molecule has 3 aromatic rings. The monoisotopic (exact) mass is 549 g/mol. The van der Waals surface area contributed by atoms with E-state index in [1.54, 1.807) is 61.6 Å². The molecule has 1 aromatic heterocycles. The fourth-order valence-electron chi connectivity index (χ4n) is 4.96. The quantitative estimate of drug-likeness (QED) is 0.349. The van der Waals surface area contributed by atoms with Crippen LogP contribution in [0.5, 0.6) is 11.5 Å². The van der Waals surface area contributed by atoms with Crippen molar-refractivity contribution < 1.29 is 23.9 Å². The van der Waals surface area contributed by atoms with Gasteiger partial charge in [-0.2, -0.15) is 0 Å². The number of anilines is 2. The molecule has 1 atom stereocenters. The van der Waals surface area contributed by atoms with Gasteiger partial charge < -0.3 is 20.1 Å². The first-order valence-corrected chi connectivity index (χ1v) is 14.0. The Balaban J connectivity index is 1.79. The van der Waals surface area contributed by atoms with Gasteiger partial charge in [-0.25, -0.2) is 0 Å². The van der Waals surface area contributed by atoms with Crippen LogP contribution in [-0.2, 0) is 20.8 Å². The average molecular weight is 550 g/mol. The number of hydrogen-bond donors (Lipinski definition) is 2. The second-order valence-electron chi connectivity index (χ2n) is 9.61. The maximum Gasteiger partial charge on any atom is 0.248 e. The molecular weight excluding hydrogens is 514 g/mol. The van der Waals surface area contributed by atoms with Crippen molar-refractivity contribution in [1.82, 2.24) is 5.32 Å². The first-order valence-electron chi connectivity index (χ1n) is 13.1. The predicted molar refractivity (Wildman–Crippen MR) is 154 cm³/mol. The van der Waals surface area contributed by atoms with Crippen LogP contribution in [0.25, 0.3) is 0 Å².